The number of phenolic OH excluding ortho intramolecular Hbond substituents is 1. The molecule has 4 aromatic rings. The average Bonchev–Trinajstić information content (AvgIpc) is 2.94. The first kappa shape index (κ1) is 13.2. The molecule has 2 aromatic carbocycles. The van der Waals surface area contributed by atoms with Crippen molar-refractivity contribution in [3.05, 3.63) is 52.3 Å². The molecule has 7 heteroatoms. The van der Waals surface area contributed by atoms with Crippen molar-refractivity contribution in [2.24, 2.45) is 0 Å². The SMILES string of the molecule is Oc1cccc(-c2nc3c4cc(Cl)ccc4nc(=S)n3[nH]2)c1. The summed E-state index contributed by atoms with van der Waals surface area (Å²) in [6.45, 7) is 0. The normalized spacial score (nSPS) is 11.3. The Morgan fingerprint density at radius 2 is 2.00 bits per heavy atom. The Labute approximate surface area is 134 Å². The smallest absolute Gasteiger partial charge is 0.221 e. The molecule has 2 heterocycles. The van der Waals surface area contributed by atoms with Crippen LogP contribution in [0.2, 0.25) is 5.02 Å². The molecule has 5 nitrogen and oxygen atoms in total. The summed E-state index contributed by atoms with van der Waals surface area (Å²) >= 11 is 11.4. The van der Waals surface area contributed by atoms with Gasteiger partial charge in [0.2, 0.25) is 4.77 Å². The van der Waals surface area contributed by atoms with E-state index in [-0.39, 0.29) is 5.75 Å². The van der Waals surface area contributed by atoms with E-state index in [2.05, 4.69) is 15.1 Å². The van der Waals surface area contributed by atoms with Gasteiger partial charge in [-0.15, -0.1) is 0 Å². The summed E-state index contributed by atoms with van der Waals surface area (Å²) in [4.78, 5) is 8.95. The van der Waals surface area contributed by atoms with E-state index in [1.54, 1.807) is 34.8 Å². The molecule has 0 aliphatic rings. The lowest BCUT2D eigenvalue weighted by atomic mass is 10.2. The van der Waals surface area contributed by atoms with Gasteiger partial charge >= 0.3 is 0 Å². The average molecular weight is 329 g/mol. The van der Waals surface area contributed by atoms with E-state index in [4.69, 9.17) is 23.8 Å². The fourth-order valence-electron chi connectivity index (χ4n) is 2.38. The molecule has 0 unspecified atom stereocenters. The summed E-state index contributed by atoms with van der Waals surface area (Å²) in [7, 11) is 0. The second kappa shape index (κ2) is 4.79. The van der Waals surface area contributed by atoms with Gasteiger partial charge in [0.1, 0.15) is 5.75 Å². The molecule has 0 aliphatic carbocycles. The van der Waals surface area contributed by atoms with E-state index in [0.717, 1.165) is 16.5 Å². The Hall–Kier alpha value is -2.44. The molecule has 0 radical (unpaired) electrons. The number of hydrogen-bond acceptors (Lipinski definition) is 4. The standard InChI is InChI=1S/C15H9ClN4OS/c16-9-4-5-12-11(7-9)14-18-13(19-20(14)15(22)17-12)8-2-1-3-10(21)6-8/h1-7,21H,(H,18,19). The maximum absolute atomic E-state index is 9.61. The number of nitrogens with one attached hydrogen (secondary N) is 1. The minimum atomic E-state index is 0.174. The molecular formula is C15H9ClN4OS. The second-order valence-corrected chi connectivity index (χ2v) is 5.64. The van der Waals surface area contributed by atoms with Gasteiger partial charge in [0, 0.05) is 16.0 Å². The zero-order chi connectivity index (χ0) is 15.3. The highest BCUT2D eigenvalue weighted by molar-refractivity contribution is 7.71. The molecule has 0 amide bonds. The topological polar surface area (TPSA) is 66.2 Å². The number of aromatic amines is 1. The molecule has 0 saturated carbocycles. The van der Waals surface area contributed by atoms with Crippen molar-refractivity contribution in [1.82, 2.24) is 19.6 Å². The van der Waals surface area contributed by atoms with Gasteiger partial charge in [-0.3, -0.25) is 5.10 Å². The molecule has 2 N–H and O–H groups in total. The second-order valence-electron chi connectivity index (χ2n) is 4.84. The summed E-state index contributed by atoms with van der Waals surface area (Å²) in [6, 6.07) is 12.2. The lowest BCUT2D eigenvalue weighted by Gasteiger charge is -1.99. The molecule has 0 bridgehead atoms. The molecule has 0 saturated heterocycles. The number of halogens is 1. The van der Waals surface area contributed by atoms with Crippen LogP contribution in [0.25, 0.3) is 27.9 Å². The van der Waals surface area contributed by atoms with Crippen LogP contribution in [0.5, 0.6) is 5.75 Å². The van der Waals surface area contributed by atoms with Crippen molar-refractivity contribution in [3.8, 4) is 17.1 Å². The highest BCUT2D eigenvalue weighted by atomic mass is 35.5. The molecule has 0 aliphatic heterocycles. The van der Waals surface area contributed by atoms with E-state index in [9.17, 15) is 5.11 Å². The monoisotopic (exact) mass is 328 g/mol. The largest absolute Gasteiger partial charge is 0.508 e. The maximum Gasteiger partial charge on any atom is 0.221 e. The van der Waals surface area contributed by atoms with Gasteiger partial charge in [-0.2, -0.15) is 0 Å². The van der Waals surface area contributed by atoms with Crippen molar-refractivity contribution in [1.29, 1.82) is 0 Å². The lowest BCUT2D eigenvalue weighted by molar-refractivity contribution is 0.475. The molecule has 2 aromatic heterocycles. The minimum absolute atomic E-state index is 0.174. The Balaban J connectivity index is 2.08. The van der Waals surface area contributed by atoms with Gasteiger partial charge in [0.25, 0.3) is 0 Å². The van der Waals surface area contributed by atoms with Gasteiger partial charge in [-0.25, -0.2) is 14.5 Å². The summed E-state index contributed by atoms with van der Waals surface area (Å²) in [5, 5.41) is 14.1. The fourth-order valence-corrected chi connectivity index (χ4v) is 2.78. The van der Waals surface area contributed by atoms with Crippen molar-refractivity contribution in [2.45, 2.75) is 0 Å². The summed E-state index contributed by atoms with van der Waals surface area (Å²) < 4.78 is 2.01. The molecular weight excluding hydrogens is 320 g/mol. The Morgan fingerprint density at radius 1 is 1.14 bits per heavy atom. The van der Waals surface area contributed by atoms with E-state index in [0.29, 0.717) is 21.3 Å². The van der Waals surface area contributed by atoms with Crippen LogP contribution in [-0.2, 0) is 0 Å². The number of nitrogens with zero attached hydrogens (tertiary/aromatic N) is 3. The summed E-state index contributed by atoms with van der Waals surface area (Å²) in [5.41, 5.74) is 2.15. The number of aromatic hydroxyl groups is 1. The zero-order valence-corrected chi connectivity index (χ0v) is 12.7. The number of benzene rings is 2. The number of fused-ring (bicyclic) bond motifs is 3. The third-order valence-corrected chi connectivity index (χ3v) is 3.88. The number of hydrogen-bond donors (Lipinski definition) is 2. The first-order chi connectivity index (χ1) is 10.6. The van der Waals surface area contributed by atoms with Crippen LogP contribution in [0.1, 0.15) is 0 Å². The maximum atomic E-state index is 9.61. The van der Waals surface area contributed by atoms with Gasteiger partial charge in [-0.05, 0) is 42.5 Å². The van der Waals surface area contributed by atoms with Crippen molar-refractivity contribution in [3.63, 3.8) is 0 Å². The molecule has 22 heavy (non-hydrogen) atoms. The summed E-state index contributed by atoms with van der Waals surface area (Å²) in [6.07, 6.45) is 0. The van der Waals surface area contributed by atoms with Crippen LogP contribution < -0.4 is 0 Å². The van der Waals surface area contributed by atoms with Crippen molar-refractivity contribution in [2.75, 3.05) is 0 Å². The van der Waals surface area contributed by atoms with Crippen molar-refractivity contribution < 1.29 is 5.11 Å². The van der Waals surface area contributed by atoms with Gasteiger partial charge in [0.15, 0.2) is 11.5 Å². The molecule has 0 spiro atoms. The fraction of sp³-hybridized carbons (Fsp3) is 0. The van der Waals surface area contributed by atoms with E-state index in [1.807, 2.05) is 12.1 Å². The van der Waals surface area contributed by atoms with Gasteiger partial charge < -0.3 is 5.11 Å². The Kier molecular flexibility index (Phi) is 2.88. The van der Waals surface area contributed by atoms with Gasteiger partial charge in [-0.1, -0.05) is 23.7 Å². The first-order valence-corrected chi connectivity index (χ1v) is 7.28. The predicted molar refractivity (Wildman–Crippen MR) is 87.8 cm³/mol. The lowest BCUT2D eigenvalue weighted by Crippen LogP contribution is -1.94. The molecule has 0 atom stereocenters. The van der Waals surface area contributed by atoms with Crippen LogP contribution in [0.4, 0.5) is 0 Å². The minimum Gasteiger partial charge on any atom is -0.508 e. The number of aromatic nitrogens is 4. The summed E-state index contributed by atoms with van der Waals surface area (Å²) in [5.74, 6) is 0.767. The highest BCUT2D eigenvalue weighted by Gasteiger charge is 2.11. The van der Waals surface area contributed by atoms with Gasteiger partial charge in [0.05, 0.1) is 5.52 Å². The van der Waals surface area contributed by atoms with Crippen LogP contribution in [0, 0.1) is 4.77 Å². The van der Waals surface area contributed by atoms with E-state index < -0.39 is 0 Å². The number of phenols is 1. The van der Waals surface area contributed by atoms with Crippen LogP contribution in [-0.4, -0.2) is 24.7 Å². The Morgan fingerprint density at radius 3 is 2.82 bits per heavy atom. The number of H-pyrrole nitrogens is 1. The van der Waals surface area contributed by atoms with Crippen molar-refractivity contribution >= 4 is 40.4 Å². The zero-order valence-electron chi connectivity index (χ0n) is 11.1. The first-order valence-electron chi connectivity index (χ1n) is 6.49. The molecule has 108 valence electrons. The Bertz CT molecular complexity index is 1090. The molecule has 0 fully saturated rings. The van der Waals surface area contributed by atoms with E-state index in [1.165, 1.54) is 0 Å². The third kappa shape index (κ3) is 2.04. The van der Waals surface area contributed by atoms with Crippen LogP contribution in [0.3, 0.4) is 0 Å². The third-order valence-electron chi connectivity index (χ3n) is 3.37. The highest BCUT2D eigenvalue weighted by Crippen LogP contribution is 2.25. The predicted octanol–water partition coefficient (Wildman–Crippen LogP) is 3.97. The van der Waals surface area contributed by atoms with Crippen LogP contribution >= 0.6 is 23.8 Å². The van der Waals surface area contributed by atoms with E-state index >= 15 is 0 Å². The van der Waals surface area contributed by atoms with Crippen LogP contribution in [0.15, 0.2) is 42.5 Å². The number of rotatable bonds is 1. The molecule has 4 rings (SSSR count). The quantitative estimate of drug-likeness (QED) is 0.519.